The monoisotopic (exact) mass is 321 g/mol. The number of rotatable bonds is 3. The molecule has 0 aliphatic rings. The number of hydrogen-bond donors (Lipinski definition) is 3. The number of aromatic hydroxyl groups is 1. The third-order valence-electron chi connectivity index (χ3n) is 4.03. The van der Waals surface area contributed by atoms with Crippen LogP contribution in [0.25, 0.3) is 21.9 Å². The number of hydrogen-bond acceptors (Lipinski definition) is 3. The van der Waals surface area contributed by atoms with E-state index in [0.29, 0.717) is 27.6 Å². The van der Waals surface area contributed by atoms with Gasteiger partial charge in [-0.1, -0.05) is 36.4 Å². The van der Waals surface area contributed by atoms with Gasteiger partial charge >= 0.3 is 5.97 Å². The third kappa shape index (κ3) is 2.46. The number of carboxylic acids is 1. The number of benzene rings is 3. The van der Waals surface area contributed by atoms with Crippen LogP contribution in [0.3, 0.4) is 0 Å². The van der Waals surface area contributed by atoms with Gasteiger partial charge in [0.25, 0.3) is 0 Å². The van der Waals surface area contributed by atoms with E-state index in [1.54, 1.807) is 37.3 Å². The van der Waals surface area contributed by atoms with Crippen LogP contribution in [0.4, 0.5) is 0 Å². The molecular weight excluding hydrogens is 306 g/mol. The van der Waals surface area contributed by atoms with E-state index in [0.717, 1.165) is 5.39 Å². The number of amides is 1. The highest BCUT2D eigenvalue weighted by molar-refractivity contribution is 6.07. The third-order valence-corrected chi connectivity index (χ3v) is 4.03. The molecular formula is C19H15NO4. The minimum atomic E-state index is -1.20. The fourth-order valence-corrected chi connectivity index (χ4v) is 2.89. The minimum Gasteiger partial charge on any atom is -0.506 e. The standard InChI is InChI=1S/C19H15NO4/c1-10-8-12(6-7-13(10)18(20)22)16-14-5-3-2-4-11(14)9-15(17(16)21)19(23)24/h2-9,21H,1H3,(H2,20,22)(H,23,24). The van der Waals surface area contributed by atoms with E-state index >= 15 is 0 Å². The van der Waals surface area contributed by atoms with Crippen molar-refractivity contribution in [3.63, 3.8) is 0 Å². The van der Waals surface area contributed by atoms with Crippen LogP contribution in [0.5, 0.6) is 5.75 Å². The van der Waals surface area contributed by atoms with Crippen molar-refractivity contribution in [2.45, 2.75) is 6.92 Å². The van der Waals surface area contributed by atoms with Crippen LogP contribution in [-0.4, -0.2) is 22.1 Å². The second-order valence-electron chi connectivity index (χ2n) is 5.57. The molecule has 5 heteroatoms. The molecule has 0 aromatic heterocycles. The van der Waals surface area contributed by atoms with Gasteiger partial charge in [0.1, 0.15) is 11.3 Å². The zero-order valence-corrected chi connectivity index (χ0v) is 12.9. The van der Waals surface area contributed by atoms with E-state index in [-0.39, 0.29) is 11.3 Å². The van der Waals surface area contributed by atoms with E-state index in [1.807, 2.05) is 12.1 Å². The van der Waals surface area contributed by atoms with Crippen molar-refractivity contribution in [1.82, 2.24) is 0 Å². The van der Waals surface area contributed by atoms with Crippen molar-refractivity contribution in [3.8, 4) is 16.9 Å². The van der Waals surface area contributed by atoms with E-state index in [9.17, 15) is 19.8 Å². The van der Waals surface area contributed by atoms with Gasteiger partial charge < -0.3 is 15.9 Å². The molecule has 120 valence electrons. The Hall–Kier alpha value is -3.34. The lowest BCUT2D eigenvalue weighted by atomic mass is 9.92. The average Bonchev–Trinajstić information content (AvgIpc) is 2.53. The summed E-state index contributed by atoms with van der Waals surface area (Å²) in [6.45, 7) is 1.74. The molecule has 0 radical (unpaired) electrons. The molecule has 3 aromatic rings. The molecule has 0 aliphatic carbocycles. The van der Waals surface area contributed by atoms with E-state index in [1.165, 1.54) is 6.07 Å². The summed E-state index contributed by atoms with van der Waals surface area (Å²) in [4.78, 5) is 22.8. The number of primary amides is 1. The summed E-state index contributed by atoms with van der Waals surface area (Å²) in [5.74, 6) is -2.04. The molecule has 3 rings (SSSR count). The first-order chi connectivity index (χ1) is 11.4. The molecule has 0 heterocycles. The maximum Gasteiger partial charge on any atom is 0.339 e. The van der Waals surface area contributed by atoms with Crippen LogP contribution in [0.2, 0.25) is 0 Å². The lowest BCUT2D eigenvalue weighted by Gasteiger charge is -2.13. The van der Waals surface area contributed by atoms with Gasteiger partial charge in [-0.25, -0.2) is 4.79 Å². The minimum absolute atomic E-state index is 0.166. The predicted octanol–water partition coefficient (Wildman–Crippen LogP) is 3.32. The molecule has 5 nitrogen and oxygen atoms in total. The summed E-state index contributed by atoms with van der Waals surface area (Å²) in [5, 5.41) is 21.3. The molecule has 0 saturated heterocycles. The number of aryl methyl sites for hydroxylation is 1. The molecule has 0 unspecified atom stereocenters. The molecule has 0 atom stereocenters. The topological polar surface area (TPSA) is 101 Å². The summed E-state index contributed by atoms with van der Waals surface area (Å²) in [5.41, 5.74) is 7.24. The number of carbonyl (C=O) groups is 2. The molecule has 0 fully saturated rings. The van der Waals surface area contributed by atoms with Gasteiger partial charge in [0.05, 0.1) is 0 Å². The molecule has 0 aliphatic heterocycles. The van der Waals surface area contributed by atoms with Gasteiger partial charge in [-0.15, -0.1) is 0 Å². The van der Waals surface area contributed by atoms with Crippen LogP contribution in [0, 0.1) is 6.92 Å². The van der Waals surface area contributed by atoms with Crippen molar-refractivity contribution >= 4 is 22.6 Å². The van der Waals surface area contributed by atoms with Gasteiger partial charge in [0.2, 0.25) is 5.91 Å². The Kier molecular flexibility index (Phi) is 3.69. The van der Waals surface area contributed by atoms with Gasteiger partial charge in [-0.3, -0.25) is 4.79 Å². The first-order valence-electron chi connectivity index (χ1n) is 7.29. The molecule has 0 spiro atoms. The molecule has 1 amide bonds. The van der Waals surface area contributed by atoms with Crippen LogP contribution < -0.4 is 5.73 Å². The average molecular weight is 321 g/mol. The van der Waals surface area contributed by atoms with Gasteiger partial charge in [-0.2, -0.15) is 0 Å². The highest BCUT2D eigenvalue weighted by atomic mass is 16.4. The van der Waals surface area contributed by atoms with Gasteiger partial charge in [0.15, 0.2) is 0 Å². The van der Waals surface area contributed by atoms with Crippen LogP contribution >= 0.6 is 0 Å². The van der Waals surface area contributed by atoms with Crippen LogP contribution in [0.1, 0.15) is 26.3 Å². The Morgan fingerprint density at radius 1 is 1.00 bits per heavy atom. The maximum absolute atomic E-state index is 11.4. The molecule has 3 aromatic carbocycles. The van der Waals surface area contributed by atoms with Crippen molar-refractivity contribution in [1.29, 1.82) is 0 Å². The van der Waals surface area contributed by atoms with Crippen molar-refractivity contribution < 1.29 is 19.8 Å². The van der Waals surface area contributed by atoms with Crippen molar-refractivity contribution in [2.75, 3.05) is 0 Å². The van der Waals surface area contributed by atoms with E-state index < -0.39 is 11.9 Å². The van der Waals surface area contributed by atoms with E-state index in [2.05, 4.69) is 0 Å². The quantitative estimate of drug-likeness (QED) is 0.689. The van der Waals surface area contributed by atoms with Gasteiger partial charge in [0, 0.05) is 11.1 Å². The Morgan fingerprint density at radius 2 is 1.71 bits per heavy atom. The lowest BCUT2D eigenvalue weighted by Crippen LogP contribution is -2.12. The Balaban J connectivity index is 2.36. The molecule has 24 heavy (non-hydrogen) atoms. The number of aromatic carboxylic acids is 1. The summed E-state index contributed by atoms with van der Waals surface area (Å²) in [7, 11) is 0. The molecule has 0 bridgehead atoms. The number of fused-ring (bicyclic) bond motifs is 1. The highest BCUT2D eigenvalue weighted by Gasteiger charge is 2.19. The number of carbonyl (C=O) groups excluding carboxylic acids is 1. The number of phenols is 1. The SMILES string of the molecule is Cc1cc(-c2c(O)c(C(=O)O)cc3ccccc23)ccc1C(N)=O. The highest BCUT2D eigenvalue weighted by Crippen LogP contribution is 2.39. The number of carboxylic acid groups (broad SMARTS) is 1. The molecule has 0 saturated carbocycles. The van der Waals surface area contributed by atoms with Crippen molar-refractivity contribution in [3.05, 3.63) is 65.2 Å². The first kappa shape index (κ1) is 15.6. The number of nitrogens with two attached hydrogens (primary N) is 1. The zero-order valence-electron chi connectivity index (χ0n) is 12.9. The fourth-order valence-electron chi connectivity index (χ4n) is 2.89. The second-order valence-corrected chi connectivity index (χ2v) is 5.57. The van der Waals surface area contributed by atoms with Crippen LogP contribution in [0.15, 0.2) is 48.5 Å². The lowest BCUT2D eigenvalue weighted by molar-refractivity contribution is 0.0693. The summed E-state index contributed by atoms with van der Waals surface area (Å²) >= 11 is 0. The zero-order chi connectivity index (χ0) is 17.4. The summed E-state index contributed by atoms with van der Waals surface area (Å²) < 4.78 is 0. The normalized spacial score (nSPS) is 10.7. The smallest absolute Gasteiger partial charge is 0.339 e. The van der Waals surface area contributed by atoms with Crippen LogP contribution in [-0.2, 0) is 0 Å². The fraction of sp³-hybridized carbons (Fsp3) is 0.0526. The van der Waals surface area contributed by atoms with Crippen molar-refractivity contribution in [2.24, 2.45) is 5.73 Å². The Labute approximate surface area is 138 Å². The molecule has 4 N–H and O–H groups in total. The second kappa shape index (κ2) is 5.70. The largest absolute Gasteiger partial charge is 0.506 e. The van der Waals surface area contributed by atoms with Gasteiger partial charge in [-0.05, 0) is 41.0 Å². The Morgan fingerprint density at radius 3 is 2.33 bits per heavy atom. The first-order valence-corrected chi connectivity index (χ1v) is 7.29. The maximum atomic E-state index is 11.4. The summed E-state index contributed by atoms with van der Waals surface area (Å²) in [6, 6.07) is 13.6. The van der Waals surface area contributed by atoms with E-state index in [4.69, 9.17) is 5.73 Å². The summed E-state index contributed by atoms with van der Waals surface area (Å²) in [6.07, 6.45) is 0. The Bertz CT molecular complexity index is 992. The predicted molar refractivity (Wildman–Crippen MR) is 91.3 cm³/mol.